The summed E-state index contributed by atoms with van der Waals surface area (Å²) in [5, 5.41) is 26.7. The predicted octanol–water partition coefficient (Wildman–Crippen LogP) is 3.53. The number of hydrogen-bond donors (Lipinski definition) is 7. The van der Waals surface area contributed by atoms with E-state index in [4.69, 9.17) is 5.73 Å². The first-order valence-corrected chi connectivity index (χ1v) is 14.1. The highest BCUT2D eigenvalue weighted by atomic mass is 16.4. The van der Waals surface area contributed by atoms with Crippen LogP contribution < -0.4 is 21.9 Å². The molecule has 0 amide bonds. The number of nitrogens with one attached hydrogen (secondary N) is 4. The third-order valence-electron chi connectivity index (χ3n) is 7.32. The molecule has 0 aromatic carbocycles. The Morgan fingerprint density at radius 3 is 2.67 bits per heavy atom. The Kier molecular flexibility index (Phi) is 12.1. The molecule has 0 fully saturated rings. The van der Waals surface area contributed by atoms with E-state index in [0.29, 0.717) is 31.3 Å². The van der Waals surface area contributed by atoms with Crippen LogP contribution in [0.4, 0.5) is 5.82 Å². The normalized spacial score (nSPS) is 18.1. The molecule has 3 heterocycles. The van der Waals surface area contributed by atoms with Gasteiger partial charge in [-0.2, -0.15) is 0 Å². The van der Waals surface area contributed by atoms with Crippen LogP contribution in [0.15, 0.2) is 58.1 Å². The van der Waals surface area contributed by atoms with E-state index < -0.39 is 5.97 Å². The van der Waals surface area contributed by atoms with E-state index in [0.717, 1.165) is 68.3 Å². The van der Waals surface area contributed by atoms with Crippen LogP contribution >= 0.6 is 0 Å². The van der Waals surface area contributed by atoms with E-state index in [9.17, 15) is 19.8 Å². The lowest BCUT2D eigenvalue weighted by Gasteiger charge is -2.32. The number of aromatic amines is 2. The number of pyridine rings is 1. The summed E-state index contributed by atoms with van der Waals surface area (Å²) in [6.07, 6.45) is 13.1. The summed E-state index contributed by atoms with van der Waals surface area (Å²) in [7, 11) is 0. The van der Waals surface area contributed by atoms with Crippen molar-refractivity contribution < 1.29 is 15.0 Å². The van der Waals surface area contributed by atoms with Crippen molar-refractivity contribution in [3.63, 3.8) is 0 Å². The van der Waals surface area contributed by atoms with Crippen LogP contribution in [0.3, 0.4) is 0 Å². The molecule has 1 aliphatic rings. The van der Waals surface area contributed by atoms with Gasteiger partial charge < -0.3 is 36.5 Å². The quantitative estimate of drug-likeness (QED) is 0.151. The highest BCUT2D eigenvalue weighted by Crippen LogP contribution is 2.27. The number of guanidine groups is 1. The summed E-state index contributed by atoms with van der Waals surface area (Å²) in [6.45, 7) is 2.66. The van der Waals surface area contributed by atoms with Gasteiger partial charge in [-0.15, -0.1) is 0 Å². The summed E-state index contributed by atoms with van der Waals surface area (Å²) >= 11 is 0. The molecule has 0 bridgehead atoms. The maximum atomic E-state index is 11.9. The Morgan fingerprint density at radius 2 is 2.00 bits per heavy atom. The van der Waals surface area contributed by atoms with Crippen molar-refractivity contribution in [3.8, 4) is 0 Å². The van der Waals surface area contributed by atoms with Crippen molar-refractivity contribution >= 4 is 17.7 Å². The number of carboxylic acid groups (broad SMARTS) is 1. The SMILES string of the molecule is CCCCC(O)CCCC(CCC(Nc1ccc[nH]1)C(=CC(=O)O)C1CCN=C(N)N1)Cc1ccc(=O)[nH]c1. The van der Waals surface area contributed by atoms with E-state index in [1.165, 1.54) is 6.08 Å². The Bertz CT molecular complexity index is 1110. The van der Waals surface area contributed by atoms with E-state index in [2.05, 4.69) is 32.5 Å². The smallest absolute Gasteiger partial charge is 0.328 e. The zero-order valence-electron chi connectivity index (χ0n) is 22.9. The van der Waals surface area contributed by atoms with E-state index in [1.54, 1.807) is 12.3 Å². The molecule has 10 nitrogen and oxygen atoms in total. The number of aliphatic imine (C=N–C) groups is 1. The molecule has 3 rings (SSSR count). The van der Waals surface area contributed by atoms with Gasteiger partial charge >= 0.3 is 5.97 Å². The minimum atomic E-state index is -1.00. The maximum Gasteiger partial charge on any atom is 0.328 e. The fourth-order valence-electron chi connectivity index (χ4n) is 5.26. The van der Waals surface area contributed by atoms with E-state index >= 15 is 0 Å². The summed E-state index contributed by atoms with van der Waals surface area (Å²) in [5.74, 6) is 0.417. The molecule has 8 N–H and O–H groups in total. The molecule has 1 aliphatic heterocycles. The van der Waals surface area contributed by atoms with Gasteiger partial charge in [0.2, 0.25) is 5.56 Å². The number of aromatic nitrogens is 2. The number of aliphatic carboxylic acids is 1. The number of unbranched alkanes of at least 4 members (excludes halogenated alkanes) is 1. The van der Waals surface area contributed by atoms with Gasteiger partial charge in [-0.1, -0.05) is 38.7 Å². The Balaban J connectivity index is 1.77. The molecule has 214 valence electrons. The number of anilines is 1. The summed E-state index contributed by atoms with van der Waals surface area (Å²) in [4.78, 5) is 33.6. The van der Waals surface area contributed by atoms with Crippen molar-refractivity contribution in [1.29, 1.82) is 0 Å². The van der Waals surface area contributed by atoms with Gasteiger partial charge in [-0.25, -0.2) is 4.79 Å². The van der Waals surface area contributed by atoms with Gasteiger partial charge in [0.25, 0.3) is 0 Å². The molecule has 0 radical (unpaired) electrons. The lowest BCUT2D eigenvalue weighted by Crippen LogP contribution is -2.48. The topological polar surface area (TPSA) is 169 Å². The number of nitrogens with two attached hydrogens (primary N) is 1. The van der Waals surface area contributed by atoms with Crippen molar-refractivity contribution in [2.45, 2.75) is 89.3 Å². The Labute approximate surface area is 230 Å². The van der Waals surface area contributed by atoms with E-state index in [-0.39, 0.29) is 23.7 Å². The predicted molar refractivity (Wildman–Crippen MR) is 155 cm³/mol. The fraction of sp³-hybridized carbons (Fsp3) is 0.552. The lowest BCUT2D eigenvalue weighted by molar-refractivity contribution is -0.131. The molecule has 0 aliphatic carbocycles. The third kappa shape index (κ3) is 10.6. The number of rotatable bonds is 17. The highest BCUT2D eigenvalue weighted by Gasteiger charge is 2.27. The Hall–Kier alpha value is -3.53. The highest BCUT2D eigenvalue weighted by molar-refractivity contribution is 5.83. The molecule has 2 aromatic heterocycles. The number of carbonyl (C=O) groups is 1. The number of H-pyrrole nitrogens is 2. The Morgan fingerprint density at radius 1 is 1.18 bits per heavy atom. The van der Waals surface area contributed by atoms with Gasteiger partial charge in [0, 0.05) is 31.1 Å². The number of aliphatic hydroxyl groups excluding tert-OH is 1. The molecule has 39 heavy (non-hydrogen) atoms. The molecule has 0 saturated carbocycles. The van der Waals surface area contributed by atoms with Crippen LogP contribution in [0.1, 0.15) is 70.3 Å². The van der Waals surface area contributed by atoms with Crippen LogP contribution in [-0.4, -0.2) is 56.8 Å². The number of nitrogens with zero attached hydrogens (tertiary/aromatic N) is 1. The van der Waals surface area contributed by atoms with Crippen molar-refractivity contribution in [3.05, 3.63) is 64.2 Å². The van der Waals surface area contributed by atoms with Gasteiger partial charge in [0.1, 0.15) is 5.82 Å². The summed E-state index contributed by atoms with van der Waals surface area (Å²) in [5.41, 5.74) is 7.61. The largest absolute Gasteiger partial charge is 0.478 e. The third-order valence-corrected chi connectivity index (χ3v) is 7.32. The summed E-state index contributed by atoms with van der Waals surface area (Å²) in [6, 6.07) is 6.73. The first kappa shape index (κ1) is 30.0. The second-order valence-corrected chi connectivity index (χ2v) is 10.5. The second-order valence-electron chi connectivity index (χ2n) is 10.5. The standard InChI is InChI=1S/C29H44N6O4/c1-2-3-7-22(36)8-4-6-20(17-21-11-13-27(37)33-19-21)10-12-24(34-26-9-5-15-31-26)23(18-28(38)39)25-14-16-32-29(30)35-25/h5,9,11,13,15,18-20,22,24-25,31,34,36H,2-4,6-8,10,12,14,16-17H2,1H3,(H,33,37)(H,38,39)(H3,30,32,35). The van der Waals surface area contributed by atoms with Gasteiger partial charge in [-0.3, -0.25) is 9.79 Å². The molecular formula is C29H44N6O4. The fourth-order valence-corrected chi connectivity index (χ4v) is 5.26. The van der Waals surface area contributed by atoms with Gasteiger partial charge in [0.15, 0.2) is 5.96 Å². The number of carboxylic acids is 1. The number of aliphatic hydroxyl groups is 1. The van der Waals surface area contributed by atoms with Crippen LogP contribution in [-0.2, 0) is 11.2 Å². The first-order valence-electron chi connectivity index (χ1n) is 14.1. The lowest BCUT2D eigenvalue weighted by atomic mass is 9.85. The van der Waals surface area contributed by atoms with Crippen LogP contribution in [0.5, 0.6) is 0 Å². The average molecular weight is 541 g/mol. The molecule has 0 saturated heterocycles. The molecular weight excluding hydrogens is 496 g/mol. The zero-order valence-corrected chi connectivity index (χ0v) is 22.9. The van der Waals surface area contributed by atoms with Gasteiger partial charge in [0.05, 0.1) is 18.2 Å². The van der Waals surface area contributed by atoms with Crippen molar-refractivity contribution in [2.75, 3.05) is 11.9 Å². The zero-order chi connectivity index (χ0) is 28.0. The summed E-state index contributed by atoms with van der Waals surface area (Å²) < 4.78 is 0. The minimum Gasteiger partial charge on any atom is -0.478 e. The van der Waals surface area contributed by atoms with Crippen LogP contribution in [0.2, 0.25) is 0 Å². The van der Waals surface area contributed by atoms with Crippen molar-refractivity contribution in [1.82, 2.24) is 15.3 Å². The molecule has 4 unspecified atom stereocenters. The minimum absolute atomic E-state index is 0.129. The number of hydrogen-bond acceptors (Lipinski definition) is 7. The van der Waals surface area contributed by atoms with Crippen LogP contribution in [0, 0.1) is 5.92 Å². The van der Waals surface area contributed by atoms with Crippen molar-refractivity contribution in [2.24, 2.45) is 16.6 Å². The maximum absolute atomic E-state index is 11.9. The molecule has 4 atom stereocenters. The average Bonchev–Trinajstić information content (AvgIpc) is 3.42. The molecule has 2 aromatic rings. The van der Waals surface area contributed by atoms with Gasteiger partial charge in [-0.05, 0) is 67.7 Å². The first-order chi connectivity index (χ1) is 18.8. The monoisotopic (exact) mass is 540 g/mol. The van der Waals surface area contributed by atoms with E-state index in [1.807, 2.05) is 24.4 Å². The molecule has 0 spiro atoms. The second kappa shape index (κ2) is 15.8. The van der Waals surface area contributed by atoms with Crippen LogP contribution in [0.25, 0.3) is 0 Å². The molecule has 10 heteroatoms.